The van der Waals surface area contributed by atoms with Gasteiger partial charge in [0.1, 0.15) is 0 Å². The first-order valence-corrected chi connectivity index (χ1v) is 16.0. The maximum absolute atomic E-state index is 5.96. The third kappa shape index (κ3) is 8.41. The van der Waals surface area contributed by atoms with Crippen LogP contribution in [0.3, 0.4) is 0 Å². The van der Waals surface area contributed by atoms with Crippen molar-refractivity contribution in [3.8, 4) is 24.2 Å². The molecule has 0 fully saturated rings. The molecule has 0 heterocycles. The zero-order valence-corrected chi connectivity index (χ0v) is 25.4. The van der Waals surface area contributed by atoms with Gasteiger partial charge in [-0.25, -0.2) is 0 Å². The van der Waals surface area contributed by atoms with Crippen LogP contribution in [0.1, 0.15) is 108 Å². The van der Waals surface area contributed by atoms with Gasteiger partial charge >= 0.3 is 0 Å². The van der Waals surface area contributed by atoms with E-state index in [2.05, 4.69) is 109 Å². The zero-order valence-electron chi connectivity index (χ0n) is 25.4. The quantitative estimate of drug-likeness (QED) is 0.0822. The van der Waals surface area contributed by atoms with E-state index in [0.29, 0.717) is 0 Å². The summed E-state index contributed by atoms with van der Waals surface area (Å²) < 4.78 is 0. The van der Waals surface area contributed by atoms with Crippen molar-refractivity contribution < 1.29 is 0 Å². The molecule has 0 aliphatic carbocycles. The van der Waals surface area contributed by atoms with Gasteiger partial charge in [-0.3, -0.25) is 0 Å². The number of unbranched alkanes of at least 4 members (excludes halogenated alkanes) is 10. The lowest BCUT2D eigenvalue weighted by Gasteiger charge is -2.25. The Kier molecular flexibility index (Phi) is 12.2. The largest absolute Gasteiger partial charge is 0.372 e. The number of fused-ring (bicyclic) bond motifs is 2. The van der Waals surface area contributed by atoms with Gasteiger partial charge in [0.05, 0.1) is 0 Å². The average molecular weight is 542 g/mol. The van der Waals surface area contributed by atoms with Crippen molar-refractivity contribution in [1.82, 2.24) is 0 Å². The number of rotatable bonds is 15. The number of anilines is 1. The van der Waals surface area contributed by atoms with Crippen molar-refractivity contribution in [2.45, 2.75) is 90.9 Å². The summed E-state index contributed by atoms with van der Waals surface area (Å²) in [6.45, 7) is 6.86. The molecule has 1 heteroatoms. The molecule has 0 radical (unpaired) electrons. The summed E-state index contributed by atoms with van der Waals surface area (Å²) in [5.74, 6) is 9.94. The van der Waals surface area contributed by atoms with Gasteiger partial charge in [0.2, 0.25) is 0 Å². The van der Waals surface area contributed by atoms with E-state index in [9.17, 15) is 0 Å². The van der Waals surface area contributed by atoms with Crippen LogP contribution in [0.4, 0.5) is 5.69 Å². The van der Waals surface area contributed by atoms with Gasteiger partial charge in [-0.2, -0.15) is 0 Å². The summed E-state index contributed by atoms with van der Waals surface area (Å²) >= 11 is 0. The summed E-state index contributed by atoms with van der Waals surface area (Å²) in [6, 6.07) is 25.7. The highest BCUT2D eigenvalue weighted by Gasteiger charge is 2.11. The Morgan fingerprint density at radius 2 is 0.951 bits per heavy atom. The molecular weight excluding hydrogens is 494 g/mol. The first kappa shape index (κ1) is 30.3. The number of nitrogens with zero attached hydrogens (tertiary/aromatic N) is 1. The maximum atomic E-state index is 5.96. The minimum atomic E-state index is 0.946. The highest BCUT2D eigenvalue weighted by molar-refractivity contribution is 6.09. The standard InChI is InChI=1S/C40H47N/c1-4-7-9-11-13-19-31-41(32-20-14-12-10-8-5-2)34-28-25-33(26-29-34)27-30-40-38-23-17-15-21-36(38)35(6-3)37-22-16-18-24-39(37)40/h3,15-18,21-26,28-29H,4-5,7-14,19-20,31-32H2,1-2H3. The van der Waals surface area contributed by atoms with Gasteiger partial charge in [-0.1, -0.05) is 144 Å². The molecule has 0 N–H and O–H groups in total. The van der Waals surface area contributed by atoms with E-state index in [0.717, 1.165) is 51.3 Å². The van der Waals surface area contributed by atoms with E-state index in [4.69, 9.17) is 6.42 Å². The topological polar surface area (TPSA) is 3.24 Å². The smallest absolute Gasteiger partial charge is 0.0406 e. The van der Waals surface area contributed by atoms with Crippen LogP contribution in [0.5, 0.6) is 0 Å². The Morgan fingerprint density at radius 3 is 1.41 bits per heavy atom. The second-order valence-corrected chi connectivity index (χ2v) is 11.3. The van der Waals surface area contributed by atoms with E-state index >= 15 is 0 Å². The molecule has 0 aliphatic rings. The van der Waals surface area contributed by atoms with E-state index in [1.165, 1.54) is 82.7 Å². The Labute approximate surface area is 249 Å². The van der Waals surface area contributed by atoms with Gasteiger partial charge in [0.15, 0.2) is 0 Å². The lowest BCUT2D eigenvalue weighted by atomic mass is 9.92. The van der Waals surface area contributed by atoms with Crippen molar-refractivity contribution in [2.75, 3.05) is 18.0 Å². The molecule has 0 aromatic heterocycles. The maximum Gasteiger partial charge on any atom is 0.0406 e. The Bertz CT molecular complexity index is 1400. The molecule has 0 saturated heterocycles. The molecule has 0 aliphatic heterocycles. The van der Waals surface area contributed by atoms with E-state index in [1.807, 2.05) is 0 Å². The fourth-order valence-corrected chi connectivity index (χ4v) is 5.84. The molecule has 0 spiro atoms. The highest BCUT2D eigenvalue weighted by Crippen LogP contribution is 2.32. The first-order chi connectivity index (χ1) is 20.3. The van der Waals surface area contributed by atoms with Gasteiger partial charge in [-0.15, -0.1) is 6.42 Å². The van der Waals surface area contributed by atoms with Crippen LogP contribution in [0.2, 0.25) is 0 Å². The van der Waals surface area contributed by atoms with Crippen LogP contribution in [-0.2, 0) is 0 Å². The minimum Gasteiger partial charge on any atom is -0.372 e. The van der Waals surface area contributed by atoms with Crippen molar-refractivity contribution in [3.05, 3.63) is 89.5 Å². The number of hydrogen-bond acceptors (Lipinski definition) is 1. The summed E-state index contributed by atoms with van der Waals surface area (Å²) in [5, 5.41) is 4.42. The fraction of sp³-hybridized carbons (Fsp3) is 0.400. The van der Waals surface area contributed by atoms with Crippen LogP contribution in [-0.4, -0.2) is 13.1 Å². The van der Waals surface area contributed by atoms with Crippen molar-refractivity contribution in [3.63, 3.8) is 0 Å². The van der Waals surface area contributed by atoms with E-state index in [-0.39, 0.29) is 0 Å². The number of hydrogen-bond donors (Lipinski definition) is 0. The van der Waals surface area contributed by atoms with Gasteiger partial charge < -0.3 is 4.90 Å². The van der Waals surface area contributed by atoms with Crippen LogP contribution in [0.25, 0.3) is 21.5 Å². The third-order valence-corrected chi connectivity index (χ3v) is 8.20. The summed E-state index contributed by atoms with van der Waals surface area (Å²) in [5.41, 5.74) is 4.36. The van der Waals surface area contributed by atoms with Crippen molar-refractivity contribution in [1.29, 1.82) is 0 Å². The van der Waals surface area contributed by atoms with E-state index in [1.54, 1.807) is 0 Å². The molecule has 0 amide bonds. The Balaban J connectivity index is 1.52. The molecule has 4 aromatic rings. The Morgan fingerprint density at radius 1 is 0.512 bits per heavy atom. The predicted octanol–water partition coefficient (Wildman–Crippen LogP) is 10.9. The number of terminal acetylenes is 1. The van der Waals surface area contributed by atoms with Gasteiger partial charge in [0, 0.05) is 35.5 Å². The van der Waals surface area contributed by atoms with Crippen LogP contribution < -0.4 is 4.90 Å². The number of benzene rings is 4. The first-order valence-electron chi connectivity index (χ1n) is 16.0. The molecule has 1 nitrogen and oxygen atoms in total. The fourth-order valence-electron chi connectivity index (χ4n) is 5.84. The zero-order chi connectivity index (χ0) is 28.7. The van der Waals surface area contributed by atoms with Crippen LogP contribution in [0.15, 0.2) is 72.8 Å². The van der Waals surface area contributed by atoms with Crippen molar-refractivity contribution >= 4 is 27.2 Å². The van der Waals surface area contributed by atoms with Gasteiger partial charge in [0.25, 0.3) is 0 Å². The normalized spacial score (nSPS) is 10.9. The molecule has 4 rings (SSSR count). The molecule has 212 valence electrons. The second kappa shape index (κ2) is 16.6. The SMILES string of the molecule is C#Cc1c2ccccc2c(C#Cc2ccc(N(CCCCCCCC)CCCCCCCC)cc2)c2ccccc12. The lowest BCUT2D eigenvalue weighted by Crippen LogP contribution is -2.25. The minimum absolute atomic E-state index is 0.946. The second-order valence-electron chi connectivity index (χ2n) is 11.3. The summed E-state index contributed by atoms with van der Waals surface area (Å²) in [7, 11) is 0. The monoisotopic (exact) mass is 541 g/mol. The average Bonchev–Trinajstić information content (AvgIpc) is 3.02. The van der Waals surface area contributed by atoms with Gasteiger partial charge in [-0.05, 0) is 58.7 Å². The highest BCUT2D eigenvalue weighted by atomic mass is 15.1. The molecule has 0 saturated carbocycles. The molecule has 41 heavy (non-hydrogen) atoms. The van der Waals surface area contributed by atoms with Crippen molar-refractivity contribution in [2.24, 2.45) is 0 Å². The molecule has 4 aromatic carbocycles. The lowest BCUT2D eigenvalue weighted by molar-refractivity contribution is 0.575. The van der Waals surface area contributed by atoms with Crippen LogP contribution >= 0.6 is 0 Å². The third-order valence-electron chi connectivity index (χ3n) is 8.20. The summed E-state index contributed by atoms with van der Waals surface area (Å²) in [4.78, 5) is 2.61. The molecular formula is C40H47N. The van der Waals surface area contributed by atoms with E-state index < -0.39 is 0 Å². The summed E-state index contributed by atoms with van der Waals surface area (Å²) in [6.07, 6.45) is 22.0. The predicted molar refractivity (Wildman–Crippen MR) is 181 cm³/mol. The molecule has 0 unspecified atom stereocenters. The molecule has 0 bridgehead atoms. The van der Waals surface area contributed by atoms with Crippen LogP contribution in [0, 0.1) is 24.2 Å². The molecule has 0 atom stereocenters. The Hall–Kier alpha value is -3.68.